The van der Waals surface area contributed by atoms with Gasteiger partial charge in [0.05, 0.1) is 11.8 Å². The van der Waals surface area contributed by atoms with E-state index in [9.17, 15) is 18.8 Å². The Labute approximate surface area is 236 Å². The maximum atomic E-state index is 13.6. The fourth-order valence-corrected chi connectivity index (χ4v) is 5.76. The Morgan fingerprint density at radius 2 is 1.59 bits per heavy atom. The molecule has 1 amide bonds. The molecule has 0 aromatic heterocycles. The van der Waals surface area contributed by atoms with Crippen molar-refractivity contribution in [1.29, 1.82) is 0 Å². The van der Waals surface area contributed by atoms with Gasteiger partial charge in [-0.15, -0.1) is 23.5 Å². The Kier molecular flexibility index (Phi) is 9.02. The van der Waals surface area contributed by atoms with E-state index < -0.39 is 22.6 Å². The Balaban J connectivity index is 1.48. The average molecular weight is 568 g/mol. The zero-order chi connectivity index (χ0) is 28.2. The molecule has 4 rings (SSSR count). The Morgan fingerprint density at radius 3 is 2.18 bits per heavy atom. The number of halogens is 1. The lowest BCUT2D eigenvalue weighted by atomic mass is 9.92. The van der Waals surface area contributed by atoms with E-state index in [1.165, 1.54) is 23.9 Å². The molecule has 9 heteroatoms. The first-order chi connectivity index (χ1) is 18.6. The number of hydrogen-bond acceptors (Lipinski definition) is 7. The van der Waals surface area contributed by atoms with Gasteiger partial charge in [-0.05, 0) is 81.1 Å². The summed E-state index contributed by atoms with van der Waals surface area (Å²) in [6.45, 7) is 5.14. The number of thioether (sulfide) groups is 2. The molecular formula is C30H30FNO5S2. The third kappa shape index (κ3) is 7.22. The summed E-state index contributed by atoms with van der Waals surface area (Å²) >= 11 is 2.90. The van der Waals surface area contributed by atoms with Crippen LogP contribution in [0, 0.1) is 5.82 Å². The SMILES string of the molecule is CSc1ccc(C(=O)CSC2C(=O)N(c3ccc(F)cc3)C2c2ccc(OCC(=O)OC(C)(C)C)cc2)cc1. The van der Waals surface area contributed by atoms with Crippen molar-refractivity contribution in [2.45, 2.75) is 42.6 Å². The number of rotatable bonds is 10. The molecule has 0 radical (unpaired) electrons. The smallest absolute Gasteiger partial charge is 0.344 e. The number of carbonyl (C=O) groups excluding carboxylic acids is 3. The highest BCUT2D eigenvalue weighted by Gasteiger charge is 2.49. The summed E-state index contributed by atoms with van der Waals surface area (Å²) in [5, 5.41) is -0.488. The normalized spacial score (nSPS) is 16.9. The van der Waals surface area contributed by atoms with E-state index in [0.717, 1.165) is 10.5 Å². The second kappa shape index (κ2) is 12.3. The second-order valence-electron chi connectivity index (χ2n) is 9.96. The number of Topliss-reactive ketones (excluding diaryl/α,β-unsaturated/α-hetero) is 1. The van der Waals surface area contributed by atoms with Gasteiger partial charge in [-0.1, -0.05) is 24.3 Å². The zero-order valence-corrected chi connectivity index (χ0v) is 23.8. The minimum atomic E-state index is -0.600. The first-order valence-corrected chi connectivity index (χ1v) is 14.6. The molecule has 1 aliphatic heterocycles. The highest BCUT2D eigenvalue weighted by atomic mass is 32.2. The van der Waals surface area contributed by atoms with Gasteiger partial charge in [0.15, 0.2) is 12.4 Å². The van der Waals surface area contributed by atoms with Gasteiger partial charge in [-0.25, -0.2) is 9.18 Å². The molecule has 6 nitrogen and oxygen atoms in total. The molecule has 2 unspecified atom stereocenters. The van der Waals surface area contributed by atoms with Gasteiger partial charge in [-0.3, -0.25) is 9.59 Å². The number of esters is 1. The van der Waals surface area contributed by atoms with Gasteiger partial charge < -0.3 is 14.4 Å². The molecule has 0 bridgehead atoms. The molecule has 1 aliphatic rings. The maximum Gasteiger partial charge on any atom is 0.344 e. The van der Waals surface area contributed by atoms with E-state index >= 15 is 0 Å². The van der Waals surface area contributed by atoms with Crippen molar-refractivity contribution in [3.05, 3.63) is 89.7 Å². The van der Waals surface area contributed by atoms with E-state index in [1.807, 2.05) is 30.5 Å². The van der Waals surface area contributed by atoms with Crippen molar-refractivity contribution >= 4 is 46.9 Å². The molecule has 1 fully saturated rings. The summed E-state index contributed by atoms with van der Waals surface area (Å²) in [7, 11) is 0. The van der Waals surface area contributed by atoms with Crippen LogP contribution in [0.1, 0.15) is 42.7 Å². The minimum Gasteiger partial charge on any atom is -0.482 e. The van der Waals surface area contributed by atoms with E-state index in [-0.39, 0.29) is 30.1 Å². The third-order valence-electron chi connectivity index (χ3n) is 5.95. The molecule has 0 N–H and O–H groups in total. The predicted octanol–water partition coefficient (Wildman–Crippen LogP) is 6.34. The van der Waals surface area contributed by atoms with Gasteiger partial charge in [0.2, 0.25) is 5.91 Å². The highest BCUT2D eigenvalue weighted by Crippen LogP contribution is 2.45. The largest absolute Gasteiger partial charge is 0.482 e. The monoisotopic (exact) mass is 567 g/mol. The van der Waals surface area contributed by atoms with E-state index in [0.29, 0.717) is 17.0 Å². The first kappa shape index (κ1) is 28.7. The van der Waals surface area contributed by atoms with Crippen LogP contribution in [0.4, 0.5) is 10.1 Å². The van der Waals surface area contributed by atoms with E-state index in [4.69, 9.17) is 9.47 Å². The van der Waals surface area contributed by atoms with Crippen molar-refractivity contribution in [3.8, 4) is 5.75 Å². The van der Waals surface area contributed by atoms with Crippen LogP contribution in [0.5, 0.6) is 5.75 Å². The Morgan fingerprint density at radius 1 is 0.949 bits per heavy atom. The third-order valence-corrected chi connectivity index (χ3v) is 7.95. The molecule has 39 heavy (non-hydrogen) atoms. The first-order valence-electron chi connectivity index (χ1n) is 12.4. The number of nitrogens with zero attached hydrogens (tertiary/aromatic N) is 1. The summed E-state index contributed by atoms with van der Waals surface area (Å²) in [5.74, 6) is -0.420. The fraction of sp³-hybridized carbons (Fsp3) is 0.300. The number of carbonyl (C=O) groups is 3. The number of ketones is 1. The Hall–Kier alpha value is -3.30. The van der Waals surface area contributed by atoms with Crippen molar-refractivity contribution in [2.24, 2.45) is 0 Å². The number of benzene rings is 3. The average Bonchev–Trinajstić information content (AvgIpc) is 2.91. The summed E-state index contributed by atoms with van der Waals surface area (Å²) < 4.78 is 24.4. The van der Waals surface area contributed by atoms with Gasteiger partial charge in [0.25, 0.3) is 0 Å². The van der Waals surface area contributed by atoms with Crippen LogP contribution >= 0.6 is 23.5 Å². The van der Waals surface area contributed by atoms with Crippen LogP contribution in [-0.4, -0.2) is 47.1 Å². The lowest BCUT2D eigenvalue weighted by Crippen LogP contribution is -2.57. The van der Waals surface area contributed by atoms with Gasteiger partial charge in [-0.2, -0.15) is 0 Å². The topological polar surface area (TPSA) is 72.9 Å². The van der Waals surface area contributed by atoms with Crippen LogP contribution in [0.3, 0.4) is 0 Å². The lowest BCUT2D eigenvalue weighted by molar-refractivity contribution is -0.157. The summed E-state index contributed by atoms with van der Waals surface area (Å²) in [6.07, 6.45) is 1.97. The molecule has 0 aliphatic carbocycles. The van der Waals surface area contributed by atoms with Crippen LogP contribution in [0.15, 0.2) is 77.7 Å². The second-order valence-corrected chi connectivity index (χ2v) is 12.0. The predicted molar refractivity (Wildman–Crippen MR) is 153 cm³/mol. The van der Waals surface area contributed by atoms with Crippen LogP contribution in [0.25, 0.3) is 0 Å². The fourth-order valence-electron chi connectivity index (χ4n) is 4.14. The van der Waals surface area contributed by atoms with Crippen LogP contribution in [0.2, 0.25) is 0 Å². The van der Waals surface area contributed by atoms with Crippen molar-refractivity contribution in [2.75, 3.05) is 23.5 Å². The molecule has 204 valence electrons. The maximum absolute atomic E-state index is 13.6. The number of hydrogen-bond donors (Lipinski definition) is 0. The van der Waals surface area contributed by atoms with Gasteiger partial charge in [0, 0.05) is 16.1 Å². The molecule has 3 aromatic rings. The van der Waals surface area contributed by atoms with E-state index in [2.05, 4.69) is 0 Å². The molecule has 0 spiro atoms. The minimum absolute atomic E-state index is 0.0506. The number of ether oxygens (including phenoxy) is 2. The summed E-state index contributed by atoms with van der Waals surface area (Å²) in [5.41, 5.74) is 1.41. The van der Waals surface area contributed by atoms with Crippen molar-refractivity contribution < 1.29 is 28.2 Å². The number of β-lactam (4-membered cyclic amide) rings is 1. The van der Waals surface area contributed by atoms with E-state index in [1.54, 1.807) is 73.8 Å². The van der Waals surface area contributed by atoms with Gasteiger partial charge in [0.1, 0.15) is 22.4 Å². The molecule has 1 heterocycles. The molecule has 2 atom stereocenters. The molecule has 3 aromatic carbocycles. The Bertz CT molecular complexity index is 1320. The quantitative estimate of drug-likeness (QED) is 0.123. The molecule has 0 saturated carbocycles. The number of amides is 1. The standard InChI is InChI=1S/C30H30FNO5S2/c1-30(2,3)37-26(34)17-36-23-13-5-20(6-14-23)27-28(29(35)32(27)22-11-9-21(31)10-12-22)39-18-25(33)19-7-15-24(38-4)16-8-19/h5-16,27-28H,17-18H2,1-4H3. The van der Waals surface area contributed by atoms with Gasteiger partial charge >= 0.3 is 5.97 Å². The zero-order valence-electron chi connectivity index (χ0n) is 22.2. The number of anilines is 1. The highest BCUT2D eigenvalue weighted by molar-refractivity contribution is 8.01. The molecular weight excluding hydrogens is 537 g/mol. The van der Waals surface area contributed by atoms with Crippen LogP contribution < -0.4 is 9.64 Å². The molecule has 1 saturated heterocycles. The van der Waals surface area contributed by atoms with Crippen molar-refractivity contribution in [1.82, 2.24) is 0 Å². The summed E-state index contributed by atoms with van der Waals surface area (Å²) in [6, 6.07) is 19.9. The van der Waals surface area contributed by atoms with Crippen LogP contribution in [-0.2, 0) is 14.3 Å². The summed E-state index contributed by atoms with van der Waals surface area (Å²) in [4.78, 5) is 40.7. The lowest BCUT2D eigenvalue weighted by Gasteiger charge is -2.47. The van der Waals surface area contributed by atoms with Crippen molar-refractivity contribution in [3.63, 3.8) is 0 Å².